The van der Waals surface area contributed by atoms with Crippen molar-refractivity contribution in [1.29, 1.82) is 0 Å². The second kappa shape index (κ2) is 11.8. The molecule has 0 bridgehead atoms. The molecule has 158 valence electrons. The van der Waals surface area contributed by atoms with Crippen molar-refractivity contribution in [2.75, 3.05) is 47.0 Å². The average Bonchev–Trinajstić information content (AvgIpc) is 3.46. The number of thiophene rings is 1. The summed E-state index contributed by atoms with van der Waals surface area (Å²) < 4.78 is 10.7. The molecule has 1 atom stereocenters. The first-order valence-electron chi connectivity index (χ1n) is 10.2. The van der Waals surface area contributed by atoms with E-state index in [9.17, 15) is 0 Å². The van der Waals surface area contributed by atoms with Gasteiger partial charge in [0.25, 0.3) is 0 Å². The molecule has 0 radical (unpaired) electrons. The third-order valence-corrected chi connectivity index (χ3v) is 6.03. The summed E-state index contributed by atoms with van der Waals surface area (Å²) in [6, 6.07) is 12.9. The molecule has 2 N–H and O–H groups in total. The molecule has 0 spiro atoms. The Kier molecular flexibility index (Phi) is 8.80. The first-order valence-corrected chi connectivity index (χ1v) is 11.1. The van der Waals surface area contributed by atoms with Crippen molar-refractivity contribution in [3.63, 3.8) is 0 Å². The van der Waals surface area contributed by atoms with Crippen molar-refractivity contribution in [3.05, 3.63) is 52.2 Å². The molecule has 0 amide bonds. The van der Waals surface area contributed by atoms with Crippen LogP contribution in [0.3, 0.4) is 0 Å². The molecule has 1 fully saturated rings. The fraction of sp³-hybridized carbons (Fsp3) is 0.500. The normalized spacial score (nSPS) is 16.0. The number of guanidine groups is 1. The number of rotatable bonds is 10. The van der Waals surface area contributed by atoms with E-state index in [-0.39, 0.29) is 0 Å². The fourth-order valence-electron chi connectivity index (χ4n) is 3.53. The minimum atomic E-state index is 0.397. The second-order valence-corrected chi connectivity index (χ2v) is 8.05. The SMILES string of the molecule is CN=C(NCc1cccc(OCCOC)c1)NCC(c1cccs1)N1CCCC1. The summed E-state index contributed by atoms with van der Waals surface area (Å²) >= 11 is 1.83. The van der Waals surface area contributed by atoms with Crippen LogP contribution in [0.4, 0.5) is 0 Å². The Hall–Kier alpha value is -2.09. The Morgan fingerprint density at radius 3 is 2.76 bits per heavy atom. The van der Waals surface area contributed by atoms with E-state index < -0.39 is 0 Å². The maximum Gasteiger partial charge on any atom is 0.191 e. The number of methoxy groups -OCH3 is 1. The van der Waals surface area contributed by atoms with E-state index >= 15 is 0 Å². The standard InChI is InChI=1S/C22H32N4O2S/c1-23-22(24-16-18-7-5-8-19(15-18)28-13-12-27-2)25-17-20(21-9-6-14-29-21)26-10-3-4-11-26/h5-9,14-15,20H,3-4,10-13,16-17H2,1-2H3,(H2,23,24,25). The first-order chi connectivity index (χ1) is 14.3. The highest BCUT2D eigenvalue weighted by atomic mass is 32.1. The molecule has 2 aromatic rings. The quantitative estimate of drug-likeness (QED) is 0.354. The lowest BCUT2D eigenvalue weighted by molar-refractivity contribution is 0.146. The number of nitrogens with zero attached hydrogens (tertiary/aromatic N) is 2. The zero-order chi connectivity index (χ0) is 20.3. The number of hydrogen-bond acceptors (Lipinski definition) is 5. The number of likely N-dealkylation sites (tertiary alicyclic amines) is 1. The van der Waals surface area contributed by atoms with Gasteiger partial charge in [-0.1, -0.05) is 18.2 Å². The Morgan fingerprint density at radius 2 is 2.03 bits per heavy atom. The Bertz CT molecular complexity index is 745. The van der Waals surface area contributed by atoms with Gasteiger partial charge < -0.3 is 20.1 Å². The molecule has 29 heavy (non-hydrogen) atoms. The summed E-state index contributed by atoms with van der Waals surface area (Å²) in [5, 5.41) is 9.09. The van der Waals surface area contributed by atoms with Crippen molar-refractivity contribution in [2.24, 2.45) is 4.99 Å². The van der Waals surface area contributed by atoms with Crippen LogP contribution in [0.15, 0.2) is 46.8 Å². The average molecular weight is 417 g/mol. The molecular weight excluding hydrogens is 384 g/mol. The molecule has 1 saturated heterocycles. The van der Waals surface area contributed by atoms with Gasteiger partial charge in [0.2, 0.25) is 0 Å². The van der Waals surface area contributed by atoms with Crippen LogP contribution >= 0.6 is 11.3 Å². The van der Waals surface area contributed by atoms with Gasteiger partial charge in [-0.2, -0.15) is 0 Å². The van der Waals surface area contributed by atoms with Crippen LogP contribution in [-0.2, 0) is 11.3 Å². The summed E-state index contributed by atoms with van der Waals surface area (Å²) in [7, 11) is 3.49. The van der Waals surface area contributed by atoms with Gasteiger partial charge in [0.15, 0.2) is 5.96 Å². The van der Waals surface area contributed by atoms with Crippen LogP contribution in [0.2, 0.25) is 0 Å². The zero-order valence-electron chi connectivity index (χ0n) is 17.4. The topological polar surface area (TPSA) is 58.1 Å². The molecule has 1 unspecified atom stereocenters. The Balaban J connectivity index is 1.51. The van der Waals surface area contributed by atoms with E-state index in [1.54, 1.807) is 7.11 Å². The third kappa shape index (κ3) is 6.73. The van der Waals surface area contributed by atoms with Crippen molar-refractivity contribution in [2.45, 2.75) is 25.4 Å². The fourth-order valence-corrected chi connectivity index (χ4v) is 4.39. The van der Waals surface area contributed by atoms with Gasteiger partial charge >= 0.3 is 0 Å². The van der Waals surface area contributed by atoms with Gasteiger partial charge in [-0.15, -0.1) is 11.3 Å². The second-order valence-electron chi connectivity index (χ2n) is 7.07. The molecule has 7 heteroatoms. The lowest BCUT2D eigenvalue weighted by Crippen LogP contribution is -2.42. The highest BCUT2D eigenvalue weighted by molar-refractivity contribution is 7.10. The van der Waals surface area contributed by atoms with E-state index in [1.807, 2.05) is 30.5 Å². The van der Waals surface area contributed by atoms with Crippen LogP contribution in [0, 0.1) is 0 Å². The highest BCUT2D eigenvalue weighted by Crippen LogP contribution is 2.27. The maximum absolute atomic E-state index is 5.69. The predicted octanol–water partition coefficient (Wildman–Crippen LogP) is 3.28. The largest absolute Gasteiger partial charge is 0.491 e. The van der Waals surface area contributed by atoms with Crippen LogP contribution in [0.1, 0.15) is 29.3 Å². The molecule has 1 aromatic carbocycles. The monoisotopic (exact) mass is 416 g/mol. The number of benzene rings is 1. The van der Waals surface area contributed by atoms with Crippen LogP contribution in [0.5, 0.6) is 5.75 Å². The lowest BCUT2D eigenvalue weighted by atomic mass is 10.2. The van der Waals surface area contributed by atoms with Crippen LogP contribution in [-0.4, -0.2) is 57.9 Å². The zero-order valence-corrected chi connectivity index (χ0v) is 18.2. The maximum atomic E-state index is 5.69. The van der Waals surface area contributed by atoms with E-state index in [0.717, 1.165) is 23.8 Å². The number of aliphatic imine (C=N–C) groups is 1. The summed E-state index contributed by atoms with van der Waals surface area (Å²) in [5.74, 6) is 1.67. The molecule has 1 aliphatic rings. The van der Waals surface area contributed by atoms with Gasteiger partial charge in [-0.25, -0.2) is 0 Å². The molecule has 0 aliphatic carbocycles. The predicted molar refractivity (Wildman–Crippen MR) is 120 cm³/mol. The number of hydrogen-bond donors (Lipinski definition) is 2. The van der Waals surface area contributed by atoms with E-state index in [4.69, 9.17) is 9.47 Å². The minimum Gasteiger partial charge on any atom is -0.491 e. The molecule has 1 aromatic heterocycles. The summed E-state index contributed by atoms with van der Waals surface area (Å²) in [5.41, 5.74) is 1.15. The van der Waals surface area contributed by atoms with E-state index in [0.29, 0.717) is 25.8 Å². The van der Waals surface area contributed by atoms with E-state index in [1.165, 1.54) is 30.8 Å². The smallest absolute Gasteiger partial charge is 0.191 e. The summed E-state index contributed by atoms with van der Waals surface area (Å²) in [6.45, 7) is 5.02. The van der Waals surface area contributed by atoms with Gasteiger partial charge in [-0.3, -0.25) is 9.89 Å². The van der Waals surface area contributed by atoms with Crippen molar-refractivity contribution < 1.29 is 9.47 Å². The van der Waals surface area contributed by atoms with E-state index in [2.05, 4.69) is 50.2 Å². The minimum absolute atomic E-state index is 0.397. The number of nitrogens with one attached hydrogen (secondary N) is 2. The van der Waals surface area contributed by atoms with Gasteiger partial charge in [0.05, 0.1) is 12.6 Å². The Labute approximate surface area is 177 Å². The molecule has 1 aliphatic heterocycles. The van der Waals surface area contributed by atoms with Crippen molar-refractivity contribution in [3.8, 4) is 5.75 Å². The van der Waals surface area contributed by atoms with Crippen molar-refractivity contribution in [1.82, 2.24) is 15.5 Å². The first kappa shape index (κ1) is 21.6. The van der Waals surface area contributed by atoms with Gasteiger partial charge in [0.1, 0.15) is 12.4 Å². The van der Waals surface area contributed by atoms with Crippen LogP contribution in [0.25, 0.3) is 0 Å². The van der Waals surface area contributed by atoms with Gasteiger partial charge in [-0.05, 0) is 55.1 Å². The summed E-state index contributed by atoms with van der Waals surface area (Å²) in [6.07, 6.45) is 2.58. The molecule has 0 saturated carbocycles. The molecule has 6 nitrogen and oxygen atoms in total. The summed E-state index contributed by atoms with van der Waals surface area (Å²) in [4.78, 5) is 8.39. The van der Waals surface area contributed by atoms with Gasteiger partial charge in [0, 0.05) is 32.1 Å². The highest BCUT2D eigenvalue weighted by Gasteiger charge is 2.24. The molecular formula is C22H32N4O2S. The number of ether oxygens (including phenoxy) is 2. The molecule has 2 heterocycles. The Morgan fingerprint density at radius 1 is 1.17 bits per heavy atom. The molecule has 3 rings (SSSR count). The van der Waals surface area contributed by atoms with Crippen molar-refractivity contribution >= 4 is 17.3 Å². The third-order valence-electron chi connectivity index (χ3n) is 5.05. The lowest BCUT2D eigenvalue weighted by Gasteiger charge is -2.27. The van der Waals surface area contributed by atoms with Crippen LogP contribution < -0.4 is 15.4 Å².